The number of amides is 1. The Morgan fingerprint density at radius 2 is 1.89 bits per heavy atom. The second-order valence-corrected chi connectivity index (χ2v) is 8.16. The first-order valence-electron chi connectivity index (χ1n) is 9.76. The van der Waals surface area contributed by atoms with Gasteiger partial charge in [0.15, 0.2) is 5.78 Å². The van der Waals surface area contributed by atoms with Gasteiger partial charge < -0.3 is 10.1 Å². The Balaban J connectivity index is 1.33. The van der Waals surface area contributed by atoms with Crippen LogP contribution in [0.25, 0.3) is 0 Å². The van der Waals surface area contributed by atoms with Gasteiger partial charge >= 0.3 is 0 Å². The molecule has 1 spiro atoms. The molecule has 0 radical (unpaired) electrons. The Hall–Kier alpha value is -2.62. The van der Waals surface area contributed by atoms with E-state index in [1.807, 2.05) is 61.5 Å². The Bertz CT molecular complexity index is 909. The maximum Gasteiger partial charge on any atom is 0.224 e. The average molecular weight is 361 g/mol. The van der Waals surface area contributed by atoms with Crippen molar-refractivity contribution >= 4 is 11.7 Å². The van der Waals surface area contributed by atoms with Crippen molar-refractivity contribution in [3.63, 3.8) is 0 Å². The van der Waals surface area contributed by atoms with Gasteiger partial charge in [-0.1, -0.05) is 42.5 Å². The number of hydrogen-bond donors (Lipinski definition) is 1. The number of Topliss-reactive ketones (excluding diaryl/α,β-unsaturated/α-hetero) is 1. The molecule has 0 bridgehead atoms. The van der Waals surface area contributed by atoms with E-state index in [2.05, 4.69) is 5.32 Å². The maximum atomic E-state index is 12.9. The van der Waals surface area contributed by atoms with Crippen LogP contribution in [0.1, 0.15) is 48.1 Å². The molecule has 5 rings (SSSR count). The van der Waals surface area contributed by atoms with E-state index in [0.717, 1.165) is 18.4 Å². The van der Waals surface area contributed by atoms with Gasteiger partial charge in [0.2, 0.25) is 5.91 Å². The third-order valence-electron chi connectivity index (χ3n) is 6.60. The molecule has 0 aromatic heterocycles. The first-order valence-corrected chi connectivity index (χ1v) is 9.76. The number of benzene rings is 2. The van der Waals surface area contributed by atoms with E-state index >= 15 is 0 Å². The summed E-state index contributed by atoms with van der Waals surface area (Å²) in [4.78, 5) is 25.6. The number of fused-ring (bicyclic) bond motifs is 3. The fourth-order valence-corrected chi connectivity index (χ4v) is 5.25. The predicted octanol–water partition coefficient (Wildman–Crippen LogP) is 3.92. The monoisotopic (exact) mass is 361 g/mol. The molecule has 2 saturated carbocycles. The molecule has 5 atom stereocenters. The highest BCUT2D eigenvalue weighted by Crippen LogP contribution is 2.65. The van der Waals surface area contributed by atoms with Crippen molar-refractivity contribution < 1.29 is 14.3 Å². The van der Waals surface area contributed by atoms with Gasteiger partial charge in [0.25, 0.3) is 0 Å². The molecule has 2 aromatic rings. The molecule has 27 heavy (non-hydrogen) atoms. The van der Waals surface area contributed by atoms with Crippen LogP contribution in [0.15, 0.2) is 54.6 Å². The molecule has 2 aromatic carbocycles. The van der Waals surface area contributed by atoms with Gasteiger partial charge in [-0.2, -0.15) is 0 Å². The number of hydrogen-bond acceptors (Lipinski definition) is 3. The molecule has 1 aliphatic heterocycles. The van der Waals surface area contributed by atoms with Crippen LogP contribution >= 0.6 is 0 Å². The van der Waals surface area contributed by atoms with Crippen molar-refractivity contribution in [2.45, 2.75) is 37.8 Å². The lowest BCUT2D eigenvalue weighted by Gasteiger charge is -2.37. The Morgan fingerprint density at radius 3 is 2.70 bits per heavy atom. The second-order valence-electron chi connectivity index (χ2n) is 8.16. The van der Waals surface area contributed by atoms with E-state index in [1.54, 1.807) is 0 Å². The molecule has 4 heteroatoms. The van der Waals surface area contributed by atoms with Crippen LogP contribution in [0, 0.1) is 17.8 Å². The fraction of sp³-hybridized carbons (Fsp3) is 0.391. The number of ether oxygens (including phenoxy) is 1. The molecule has 2 aliphatic carbocycles. The van der Waals surface area contributed by atoms with Crippen molar-refractivity contribution in [1.82, 2.24) is 5.32 Å². The number of para-hydroxylation sites is 1. The average Bonchev–Trinajstić information content (AvgIpc) is 3.34. The summed E-state index contributed by atoms with van der Waals surface area (Å²) in [6.45, 7) is 2.01. The van der Waals surface area contributed by atoms with Gasteiger partial charge in [-0.05, 0) is 43.4 Å². The van der Waals surface area contributed by atoms with Gasteiger partial charge in [0, 0.05) is 11.8 Å². The largest absolute Gasteiger partial charge is 0.486 e. The van der Waals surface area contributed by atoms with Gasteiger partial charge in [0.05, 0.1) is 18.0 Å². The van der Waals surface area contributed by atoms with Gasteiger partial charge in [-0.15, -0.1) is 0 Å². The van der Waals surface area contributed by atoms with Crippen molar-refractivity contribution in [3.8, 4) is 5.75 Å². The number of carbonyl (C=O) groups excluding carboxylic acids is 2. The lowest BCUT2D eigenvalue weighted by Crippen LogP contribution is -2.44. The third-order valence-corrected chi connectivity index (χ3v) is 6.60. The molecule has 4 nitrogen and oxygen atoms in total. The number of ketones is 1. The molecule has 138 valence electrons. The highest BCUT2D eigenvalue weighted by atomic mass is 16.5. The van der Waals surface area contributed by atoms with Crippen molar-refractivity contribution in [2.75, 3.05) is 0 Å². The van der Waals surface area contributed by atoms with E-state index < -0.39 is 5.60 Å². The highest BCUT2D eigenvalue weighted by Gasteiger charge is 2.70. The van der Waals surface area contributed by atoms with Crippen LogP contribution < -0.4 is 10.1 Å². The minimum Gasteiger partial charge on any atom is -0.486 e. The zero-order chi connectivity index (χ0) is 18.6. The Labute approximate surface area is 158 Å². The quantitative estimate of drug-likeness (QED) is 0.901. The van der Waals surface area contributed by atoms with E-state index in [9.17, 15) is 9.59 Å². The highest BCUT2D eigenvalue weighted by molar-refractivity contribution is 6.00. The van der Waals surface area contributed by atoms with Crippen molar-refractivity contribution in [3.05, 3.63) is 65.7 Å². The van der Waals surface area contributed by atoms with Crippen LogP contribution in [-0.2, 0) is 4.79 Å². The second kappa shape index (κ2) is 5.95. The summed E-state index contributed by atoms with van der Waals surface area (Å²) in [5.41, 5.74) is 1.28. The molecular weight excluding hydrogens is 338 g/mol. The lowest BCUT2D eigenvalue weighted by molar-refractivity contribution is -0.124. The van der Waals surface area contributed by atoms with Crippen molar-refractivity contribution in [1.29, 1.82) is 0 Å². The summed E-state index contributed by atoms with van der Waals surface area (Å²) < 4.78 is 6.37. The minimum absolute atomic E-state index is 0.0226. The van der Waals surface area contributed by atoms with Crippen LogP contribution in [-0.4, -0.2) is 17.3 Å². The summed E-state index contributed by atoms with van der Waals surface area (Å²) in [7, 11) is 0. The van der Waals surface area contributed by atoms with Crippen LogP contribution in [0.5, 0.6) is 5.75 Å². The summed E-state index contributed by atoms with van der Waals surface area (Å²) in [6, 6.07) is 17.4. The maximum absolute atomic E-state index is 12.9. The normalized spacial score (nSPS) is 31.6. The third kappa shape index (κ3) is 2.58. The van der Waals surface area contributed by atoms with Crippen LogP contribution in [0.2, 0.25) is 0 Å². The zero-order valence-corrected chi connectivity index (χ0v) is 15.4. The van der Waals surface area contributed by atoms with E-state index in [0.29, 0.717) is 23.7 Å². The summed E-state index contributed by atoms with van der Waals surface area (Å²) in [5, 5.41) is 3.16. The first-order chi connectivity index (χ1) is 13.1. The molecule has 0 unspecified atom stereocenters. The van der Waals surface area contributed by atoms with E-state index in [-0.39, 0.29) is 29.6 Å². The SMILES string of the molecule is C[C@H](NC(=O)[C@@H]1[C@@H]2CC[C@]3(CC(=O)c4ccccc4O3)[C@H]21)c1ccccc1. The number of carbonyl (C=O) groups is 2. The minimum atomic E-state index is -0.492. The number of rotatable bonds is 3. The Kier molecular flexibility index (Phi) is 3.64. The summed E-state index contributed by atoms with van der Waals surface area (Å²) in [6.07, 6.45) is 2.21. The summed E-state index contributed by atoms with van der Waals surface area (Å²) in [5.74, 6) is 1.36. The molecule has 1 heterocycles. The van der Waals surface area contributed by atoms with Gasteiger partial charge in [0.1, 0.15) is 11.4 Å². The Morgan fingerprint density at radius 1 is 1.15 bits per heavy atom. The lowest BCUT2D eigenvalue weighted by atomic mass is 9.84. The summed E-state index contributed by atoms with van der Waals surface area (Å²) >= 11 is 0. The standard InChI is InChI=1S/C23H23NO3/c1-14(15-7-3-2-4-8-15)24-22(26)20-17-11-12-23(21(17)20)13-18(25)16-9-5-6-10-19(16)27-23/h2-10,14,17,20-21H,11-13H2,1H3,(H,24,26)/t14-,17-,20+,21+,23-/m0/s1. The molecular formula is C23H23NO3. The topological polar surface area (TPSA) is 55.4 Å². The molecule has 3 aliphatic rings. The predicted molar refractivity (Wildman–Crippen MR) is 101 cm³/mol. The first kappa shape index (κ1) is 16.5. The van der Waals surface area contributed by atoms with Crippen molar-refractivity contribution in [2.24, 2.45) is 17.8 Å². The van der Waals surface area contributed by atoms with Crippen LogP contribution in [0.3, 0.4) is 0 Å². The number of nitrogens with one attached hydrogen (secondary N) is 1. The van der Waals surface area contributed by atoms with Gasteiger partial charge in [-0.3, -0.25) is 9.59 Å². The zero-order valence-electron chi connectivity index (χ0n) is 15.4. The molecule has 1 N–H and O–H groups in total. The fourth-order valence-electron chi connectivity index (χ4n) is 5.25. The molecule has 1 amide bonds. The van der Waals surface area contributed by atoms with Crippen LogP contribution in [0.4, 0.5) is 0 Å². The van der Waals surface area contributed by atoms with Gasteiger partial charge in [-0.25, -0.2) is 0 Å². The smallest absolute Gasteiger partial charge is 0.224 e. The molecule has 2 fully saturated rings. The molecule has 0 saturated heterocycles. The van der Waals surface area contributed by atoms with E-state index in [4.69, 9.17) is 4.74 Å². The van der Waals surface area contributed by atoms with E-state index in [1.165, 1.54) is 0 Å².